The van der Waals surface area contributed by atoms with Gasteiger partial charge in [-0.3, -0.25) is 15.8 Å². The smallest absolute Gasteiger partial charge is 0.359 e. The van der Waals surface area contributed by atoms with E-state index in [1.165, 1.54) is 0 Å². The molecule has 0 spiro atoms. The summed E-state index contributed by atoms with van der Waals surface area (Å²) in [4.78, 5) is 11.9. The third kappa shape index (κ3) is 3.29. The summed E-state index contributed by atoms with van der Waals surface area (Å²) >= 11 is 0. The first kappa shape index (κ1) is 14.8. The monoisotopic (exact) mass is 287 g/mol. The maximum Gasteiger partial charge on any atom is 0.359 e. The number of esters is 1. The number of carbonyl (C=O) groups is 1. The van der Waals surface area contributed by atoms with E-state index in [2.05, 4.69) is 15.7 Å². The van der Waals surface area contributed by atoms with Crippen molar-refractivity contribution in [2.24, 2.45) is 0 Å². The summed E-state index contributed by atoms with van der Waals surface area (Å²) in [5.74, 6) is -0.501. The number of aromatic amines is 1. The Hall–Kier alpha value is -2.60. The van der Waals surface area contributed by atoms with E-state index in [9.17, 15) is 10.0 Å². The second-order valence-corrected chi connectivity index (χ2v) is 4.37. The van der Waals surface area contributed by atoms with Gasteiger partial charge in [-0.2, -0.15) is 5.10 Å². The summed E-state index contributed by atoms with van der Waals surface area (Å²) in [6.07, 6.45) is 1.65. The molecule has 0 aliphatic heterocycles. The Morgan fingerprint density at radius 1 is 1.43 bits per heavy atom. The minimum atomic E-state index is -0.501. The predicted octanol–water partition coefficient (Wildman–Crippen LogP) is 2.37. The second-order valence-electron chi connectivity index (χ2n) is 4.37. The van der Waals surface area contributed by atoms with Crippen LogP contribution in [0.2, 0.25) is 0 Å². The van der Waals surface area contributed by atoms with Gasteiger partial charge in [-0.25, -0.2) is 4.79 Å². The van der Waals surface area contributed by atoms with Gasteiger partial charge in [0.15, 0.2) is 5.69 Å². The van der Waals surface area contributed by atoms with Gasteiger partial charge < -0.3 is 4.74 Å². The highest BCUT2D eigenvalue weighted by molar-refractivity contribution is 5.94. The fourth-order valence-corrected chi connectivity index (χ4v) is 1.91. The molecule has 1 heterocycles. The van der Waals surface area contributed by atoms with Crippen LogP contribution in [-0.4, -0.2) is 28.0 Å². The molecule has 6 heteroatoms. The molecule has 0 aliphatic rings. The molecular formula is C15H17N3O3. The molecule has 0 radical (unpaired) electrons. The number of aromatic nitrogens is 2. The van der Waals surface area contributed by atoms with Crippen LogP contribution in [-0.2, 0) is 4.74 Å². The van der Waals surface area contributed by atoms with Crippen molar-refractivity contribution in [2.45, 2.75) is 13.8 Å². The van der Waals surface area contributed by atoms with E-state index >= 15 is 0 Å². The van der Waals surface area contributed by atoms with Crippen molar-refractivity contribution >= 4 is 17.7 Å². The van der Waals surface area contributed by atoms with Crippen LogP contribution in [0.5, 0.6) is 0 Å². The maximum absolute atomic E-state index is 11.9. The molecule has 1 aromatic carbocycles. The number of nitrogens with zero attached hydrogens (tertiary/aromatic N) is 1. The average molecular weight is 287 g/mol. The molecular weight excluding hydrogens is 270 g/mol. The molecule has 0 amide bonds. The van der Waals surface area contributed by atoms with Crippen LogP contribution in [0.15, 0.2) is 30.3 Å². The number of H-pyrrole nitrogens is 1. The number of hydrogen-bond acceptors (Lipinski definition) is 5. The lowest BCUT2D eigenvalue weighted by Crippen LogP contribution is -2.09. The van der Waals surface area contributed by atoms with Gasteiger partial charge in [0.05, 0.1) is 12.3 Å². The molecule has 0 saturated carbocycles. The summed E-state index contributed by atoms with van der Waals surface area (Å²) in [5, 5.41) is 16.1. The fraction of sp³-hybridized carbons (Fsp3) is 0.200. The van der Waals surface area contributed by atoms with Crippen LogP contribution in [0.1, 0.15) is 34.2 Å². The van der Waals surface area contributed by atoms with Crippen molar-refractivity contribution in [1.82, 2.24) is 15.7 Å². The quantitative estimate of drug-likeness (QED) is 0.580. The van der Waals surface area contributed by atoms with Crippen molar-refractivity contribution in [3.63, 3.8) is 0 Å². The van der Waals surface area contributed by atoms with Crippen LogP contribution >= 0.6 is 0 Å². The van der Waals surface area contributed by atoms with E-state index in [1.54, 1.807) is 19.9 Å². The topological polar surface area (TPSA) is 87.2 Å². The Morgan fingerprint density at radius 3 is 2.76 bits per heavy atom. The molecule has 0 fully saturated rings. The zero-order chi connectivity index (χ0) is 15.2. The first-order chi connectivity index (χ1) is 10.2. The standard InChI is InChI=1S/C15H17N3O3/c1-3-21-15(19)14-12(10(2)16-17-14)9-13(18-20)11-7-5-4-6-8-11/h4-9,18,20H,3H2,1-2H3,(H,16,17). The molecule has 3 N–H and O–H groups in total. The molecule has 0 saturated heterocycles. The number of carbonyl (C=O) groups excluding carboxylic acids is 1. The van der Waals surface area contributed by atoms with Gasteiger partial charge in [0.1, 0.15) is 0 Å². The summed E-state index contributed by atoms with van der Waals surface area (Å²) in [6, 6.07) is 9.28. The van der Waals surface area contributed by atoms with Crippen LogP contribution in [0, 0.1) is 6.92 Å². The average Bonchev–Trinajstić information content (AvgIpc) is 2.87. The number of hydrogen-bond donors (Lipinski definition) is 3. The zero-order valence-electron chi connectivity index (χ0n) is 11.9. The molecule has 0 aliphatic carbocycles. The van der Waals surface area contributed by atoms with Crippen molar-refractivity contribution in [2.75, 3.05) is 6.61 Å². The van der Waals surface area contributed by atoms with Gasteiger partial charge in [0.25, 0.3) is 0 Å². The van der Waals surface area contributed by atoms with Crippen LogP contribution in [0.25, 0.3) is 11.8 Å². The van der Waals surface area contributed by atoms with Crippen LogP contribution in [0.3, 0.4) is 0 Å². The van der Waals surface area contributed by atoms with E-state index in [-0.39, 0.29) is 12.3 Å². The number of rotatable bonds is 5. The van der Waals surface area contributed by atoms with Crippen molar-refractivity contribution in [3.05, 3.63) is 52.8 Å². The predicted molar refractivity (Wildman–Crippen MR) is 78.5 cm³/mol. The minimum Gasteiger partial charge on any atom is -0.461 e. The Morgan fingerprint density at radius 2 is 2.14 bits per heavy atom. The summed E-state index contributed by atoms with van der Waals surface area (Å²) in [6.45, 7) is 3.80. The van der Waals surface area contributed by atoms with Crippen LogP contribution < -0.4 is 5.48 Å². The highest BCUT2D eigenvalue weighted by atomic mass is 16.5. The van der Waals surface area contributed by atoms with Gasteiger partial charge >= 0.3 is 5.97 Å². The highest BCUT2D eigenvalue weighted by Gasteiger charge is 2.18. The second kappa shape index (κ2) is 6.71. The Kier molecular flexibility index (Phi) is 4.73. The summed E-state index contributed by atoms with van der Waals surface area (Å²) < 4.78 is 4.97. The zero-order valence-corrected chi connectivity index (χ0v) is 11.9. The molecule has 0 atom stereocenters. The van der Waals surface area contributed by atoms with E-state index in [1.807, 2.05) is 30.3 Å². The Labute approximate surface area is 122 Å². The number of nitrogens with one attached hydrogen (secondary N) is 2. The highest BCUT2D eigenvalue weighted by Crippen LogP contribution is 2.20. The number of ether oxygens (including phenoxy) is 1. The Balaban J connectivity index is 2.43. The molecule has 0 bridgehead atoms. The van der Waals surface area contributed by atoms with Gasteiger partial charge in [-0.05, 0) is 25.5 Å². The first-order valence-electron chi connectivity index (χ1n) is 6.56. The lowest BCUT2D eigenvalue weighted by atomic mass is 10.1. The number of aryl methyl sites for hydroxylation is 1. The van der Waals surface area contributed by atoms with Gasteiger partial charge in [-0.15, -0.1) is 0 Å². The van der Waals surface area contributed by atoms with Crippen molar-refractivity contribution < 1.29 is 14.7 Å². The van der Waals surface area contributed by atoms with Crippen LogP contribution in [0.4, 0.5) is 0 Å². The van der Waals surface area contributed by atoms with E-state index in [0.717, 1.165) is 5.56 Å². The third-order valence-corrected chi connectivity index (χ3v) is 2.96. The number of hydroxylamine groups is 1. The van der Waals surface area contributed by atoms with Crippen molar-refractivity contribution in [1.29, 1.82) is 0 Å². The normalized spacial score (nSPS) is 11.3. The third-order valence-electron chi connectivity index (χ3n) is 2.96. The Bertz CT molecular complexity index is 647. The largest absolute Gasteiger partial charge is 0.461 e. The molecule has 110 valence electrons. The molecule has 2 aromatic rings. The van der Waals surface area contributed by atoms with Crippen molar-refractivity contribution in [3.8, 4) is 0 Å². The van der Waals surface area contributed by atoms with E-state index in [4.69, 9.17) is 4.74 Å². The maximum atomic E-state index is 11.9. The summed E-state index contributed by atoms with van der Waals surface area (Å²) in [7, 11) is 0. The SMILES string of the molecule is CCOC(=O)c1n[nH]c(C)c1C=C(NO)c1ccccc1. The molecule has 1 aromatic heterocycles. The summed E-state index contributed by atoms with van der Waals surface area (Å²) in [5.41, 5.74) is 4.88. The van der Waals surface area contributed by atoms with Gasteiger partial charge in [0, 0.05) is 11.3 Å². The molecule has 6 nitrogen and oxygen atoms in total. The van der Waals surface area contributed by atoms with E-state index in [0.29, 0.717) is 17.0 Å². The minimum absolute atomic E-state index is 0.193. The van der Waals surface area contributed by atoms with Gasteiger partial charge in [-0.1, -0.05) is 30.3 Å². The lowest BCUT2D eigenvalue weighted by Gasteiger charge is -2.06. The fourth-order valence-electron chi connectivity index (χ4n) is 1.91. The first-order valence-corrected chi connectivity index (χ1v) is 6.56. The van der Waals surface area contributed by atoms with Gasteiger partial charge in [0.2, 0.25) is 0 Å². The van der Waals surface area contributed by atoms with E-state index < -0.39 is 5.97 Å². The molecule has 21 heavy (non-hydrogen) atoms. The molecule has 0 unspecified atom stereocenters. The lowest BCUT2D eigenvalue weighted by molar-refractivity contribution is 0.0519. The molecule has 2 rings (SSSR count). The number of benzene rings is 1.